The summed E-state index contributed by atoms with van der Waals surface area (Å²) in [6, 6.07) is 15.2. The lowest BCUT2D eigenvalue weighted by atomic mass is 10.1. The lowest BCUT2D eigenvalue weighted by Crippen LogP contribution is -2.47. The van der Waals surface area contributed by atoms with E-state index in [9.17, 15) is 9.18 Å². The third-order valence-electron chi connectivity index (χ3n) is 6.73. The minimum Gasteiger partial charge on any atom is -0.369 e. The normalized spacial score (nSPS) is 17.1. The second-order valence-electron chi connectivity index (χ2n) is 8.94. The maximum atomic E-state index is 14.5. The van der Waals surface area contributed by atoms with E-state index >= 15 is 0 Å². The van der Waals surface area contributed by atoms with Crippen LogP contribution >= 0.6 is 0 Å². The van der Waals surface area contributed by atoms with Crippen LogP contribution in [0.15, 0.2) is 53.3 Å². The number of para-hydroxylation sites is 1. The van der Waals surface area contributed by atoms with Gasteiger partial charge in [-0.05, 0) is 43.5 Å². The number of aromatic amines is 1. The maximum Gasteiger partial charge on any atom is 0.273 e. The topological polar surface area (TPSA) is 70.1 Å². The Morgan fingerprint density at radius 2 is 1.79 bits per heavy atom. The summed E-state index contributed by atoms with van der Waals surface area (Å²) in [5.41, 5.74) is 4.18. The number of halogens is 1. The molecule has 0 amide bonds. The molecule has 1 saturated heterocycles. The molecule has 4 aromatic rings. The smallest absolute Gasteiger partial charge is 0.273 e. The van der Waals surface area contributed by atoms with Gasteiger partial charge in [0.25, 0.3) is 5.56 Å². The molecule has 0 bridgehead atoms. The monoisotopic (exact) mass is 444 g/mol. The number of anilines is 1. The van der Waals surface area contributed by atoms with Crippen molar-refractivity contribution in [2.75, 3.05) is 31.1 Å². The molecule has 2 aromatic heterocycles. The maximum absolute atomic E-state index is 14.5. The summed E-state index contributed by atoms with van der Waals surface area (Å²) < 4.78 is 15.7. The van der Waals surface area contributed by atoms with Gasteiger partial charge in [0.1, 0.15) is 22.7 Å². The van der Waals surface area contributed by atoms with Gasteiger partial charge >= 0.3 is 0 Å². The number of fused-ring (bicyclic) bond motifs is 1. The second kappa shape index (κ2) is 7.81. The fraction of sp³-hybridized carbons (Fsp3) is 0.320. The fourth-order valence-electron chi connectivity index (χ4n) is 4.75. The molecule has 7 nitrogen and oxygen atoms in total. The van der Waals surface area contributed by atoms with Crippen LogP contribution in [0.1, 0.15) is 18.4 Å². The molecular weight excluding hydrogens is 419 g/mol. The molecule has 2 aliphatic rings. The molecule has 0 atom stereocenters. The Bertz CT molecular complexity index is 1360. The number of nitrogens with zero attached hydrogens (tertiary/aromatic N) is 5. The molecule has 1 N–H and O–H groups in total. The van der Waals surface area contributed by atoms with Crippen molar-refractivity contribution in [3.63, 3.8) is 0 Å². The third-order valence-corrected chi connectivity index (χ3v) is 6.73. The molecule has 33 heavy (non-hydrogen) atoms. The van der Waals surface area contributed by atoms with Crippen molar-refractivity contribution in [2.24, 2.45) is 0 Å². The minimum atomic E-state index is -0.486. The van der Waals surface area contributed by atoms with Crippen LogP contribution in [-0.2, 0) is 0 Å². The lowest BCUT2D eigenvalue weighted by molar-refractivity contribution is 0.248. The van der Waals surface area contributed by atoms with Crippen LogP contribution in [-0.4, -0.2) is 57.1 Å². The van der Waals surface area contributed by atoms with Crippen molar-refractivity contribution >= 4 is 16.7 Å². The number of nitrogens with one attached hydrogen (secondary N) is 1. The first-order valence-electron chi connectivity index (χ1n) is 11.4. The molecule has 0 unspecified atom stereocenters. The van der Waals surface area contributed by atoms with Crippen molar-refractivity contribution in [1.29, 1.82) is 0 Å². The van der Waals surface area contributed by atoms with E-state index in [0.29, 0.717) is 22.3 Å². The highest BCUT2D eigenvalue weighted by molar-refractivity contribution is 5.89. The highest BCUT2D eigenvalue weighted by Gasteiger charge is 2.31. The van der Waals surface area contributed by atoms with Gasteiger partial charge in [-0.25, -0.2) is 4.39 Å². The van der Waals surface area contributed by atoms with Crippen LogP contribution in [0.5, 0.6) is 0 Å². The van der Waals surface area contributed by atoms with Crippen molar-refractivity contribution in [3.05, 3.63) is 70.3 Å². The number of H-pyrrole nitrogens is 1. The molecule has 6 rings (SSSR count). The first kappa shape index (κ1) is 20.1. The molecule has 0 spiro atoms. The van der Waals surface area contributed by atoms with Crippen LogP contribution in [0.25, 0.3) is 28.0 Å². The first-order chi connectivity index (χ1) is 16.1. The zero-order chi connectivity index (χ0) is 22.5. The second-order valence-corrected chi connectivity index (χ2v) is 8.94. The molecule has 1 saturated carbocycles. The number of piperazine rings is 1. The van der Waals surface area contributed by atoms with E-state index in [1.165, 1.54) is 30.7 Å². The highest BCUT2D eigenvalue weighted by atomic mass is 19.1. The van der Waals surface area contributed by atoms with Crippen LogP contribution in [0.4, 0.5) is 10.1 Å². The molecule has 168 valence electrons. The summed E-state index contributed by atoms with van der Waals surface area (Å²) >= 11 is 0. The van der Waals surface area contributed by atoms with Gasteiger partial charge in [-0.1, -0.05) is 24.3 Å². The van der Waals surface area contributed by atoms with Gasteiger partial charge in [0.05, 0.1) is 5.52 Å². The summed E-state index contributed by atoms with van der Waals surface area (Å²) in [5.74, 6) is -0.486. The number of rotatable bonds is 4. The molecule has 3 heterocycles. The van der Waals surface area contributed by atoms with Gasteiger partial charge in [0, 0.05) is 49.5 Å². The molecule has 2 aromatic carbocycles. The Kier molecular flexibility index (Phi) is 4.76. The van der Waals surface area contributed by atoms with Crippen LogP contribution in [0.3, 0.4) is 0 Å². The summed E-state index contributed by atoms with van der Waals surface area (Å²) in [5, 5.41) is 11.8. The molecular formula is C25H25FN6O. The zero-order valence-corrected chi connectivity index (χ0v) is 18.5. The highest BCUT2D eigenvalue weighted by Crippen LogP contribution is 2.30. The Morgan fingerprint density at radius 1 is 1.03 bits per heavy atom. The van der Waals surface area contributed by atoms with E-state index in [2.05, 4.69) is 37.2 Å². The van der Waals surface area contributed by atoms with Crippen LogP contribution < -0.4 is 10.5 Å². The Labute approximate surface area is 190 Å². The largest absolute Gasteiger partial charge is 0.369 e. The number of aromatic nitrogens is 4. The van der Waals surface area contributed by atoms with E-state index < -0.39 is 11.4 Å². The molecule has 1 aliphatic heterocycles. The van der Waals surface area contributed by atoms with E-state index in [4.69, 9.17) is 0 Å². The molecule has 0 radical (unpaired) electrons. The van der Waals surface area contributed by atoms with Crippen LogP contribution in [0.2, 0.25) is 0 Å². The predicted octanol–water partition coefficient (Wildman–Crippen LogP) is 3.51. The Morgan fingerprint density at radius 3 is 2.48 bits per heavy atom. The van der Waals surface area contributed by atoms with E-state index in [0.717, 1.165) is 42.5 Å². The van der Waals surface area contributed by atoms with Gasteiger partial charge in [0.15, 0.2) is 0 Å². The first-order valence-corrected chi connectivity index (χ1v) is 11.4. The number of benzene rings is 2. The van der Waals surface area contributed by atoms with Crippen molar-refractivity contribution < 1.29 is 4.39 Å². The summed E-state index contributed by atoms with van der Waals surface area (Å²) in [4.78, 5) is 17.7. The van der Waals surface area contributed by atoms with Gasteiger partial charge in [-0.2, -0.15) is 14.9 Å². The zero-order valence-electron chi connectivity index (χ0n) is 18.5. The van der Waals surface area contributed by atoms with Crippen molar-refractivity contribution in [3.8, 4) is 16.9 Å². The van der Waals surface area contributed by atoms with Gasteiger partial charge in [-0.15, -0.1) is 0 Å². The molecule has 8 heteroatoms. The Hall–Kier alpha value is -3.52. The lowest BCUT2D eigenvalue weighted by Gasteiger charge is -2.36. The minimum absolute atomic E-state index is 0.164. The Balaban J connectivity index is 1.32. The van der Waals surface area contributed by atoms with E-state index in [-0.39, 0.29) is 5.69 Å². The predicted molar refractivity (Wildman–Crippen MR) is 126 cm³/mol. The van der Waals surface area contributed by atoms with Crippen molar-refractivity contribution in [2.45, 2.75) is 25.8 Å². The average molecular weight is 445 g/mol. The molecule has 2 fully saturated rings. The van der Waals surface area contributed by atoms with Gasteiger partial charge in [-0.3, -0.25) is 14.8 Å². The van der Waals surface area contributed by atoms with Gasteiger partial charge in [0.2, 0.25) is 0 Å². The summed E-state index contributed by atoms with van der Waals surface area (Å²) in [6.07, 6.45) is 2.70. The van der Waals surface area contributed by atoms with E-state index in [1.807, 2.05) is 12.1 Å². The molecule has 1 aliphatic carbocycles. The number of aryl methyl sites for hydroxylation is 1. The summed E-state index contributed by atoms with van der Waals surface area (Å²) in [6.45, 7) is 6.07. The van der Waals surface area contributed by atoms with Crippen LogP contribution in [0, 0.1) is 12.7 Å². The quantitative estimate of drug-likeness (QED) is 0.522. The third kappa shape index (κ3) is 3.60. The summed E-state index contributed by atoms with van der Waals surface area (Å²) in [7, 11) is 0. The van der Waals surface area contributed by atoms with Crippen molar-refractivity contribution in [1.82, 2.24) is 24.9 Å². The average Bonchev–Trinajstić information content (AvgIpc) is 3.60. The standard InChI is InChI=1S/C25H25FN6O/c1-16-3-2-4-20(26)25(16)32-22(33)15-21-24(29-32)23(28-27-21)17-5-7-18(8-6-17)30-11-13-31(14-12-30)19-9-10-19/h2-8,15,19,27H,9-14H2,1H3. The number of hydrogen-bond acceptors (Lipinski definition) is 5. The van der Waals surface area contributed by atoms with Gasteiger partial charge < -0.3 is 4.90 Å². The van der Waals surface area contributed by atoms with E-state index in [1.54, 1.807) is 19.1 Å². The fourth-order valence-corrected chi connectivity index (χ4v) is 4.75. The SMILES string of the molecule is Cc1cccc(F)c1-n1nc2c(-c3ccc(N4CCN(C5CC5)CC4)cc3)n[nH]c2cc1=O. The number of hydrogen-bond donors (Lipinski definition) is 1.